The molecule has 0 aromatic heterocycles. The van der Waals surface area contributed by atoms with E-state index in [1.807, 2.05) is 0 Å². The Bertz CT molecular complexity index is 835. The number of fused-ring (bicyclic) bond motifs is 1. The smallest absolute Gasteiger partial charge is 0.346 e. The number of ether oxygens (including phenoxy) is 4. The fourth-order valence-corrected chi connectivity index (χ4v) is 2.05. The number of cyclic esters (lactones) is 2. The molecule has 1 heterocycles. The minimum atomic E-state index is -0.966. The molecule has 0 fully saturated rings. The van der Waals surface area contributed by atoms with Crippen LogP contribution in [0, 0.1) is 0 Å². The van der Waals surface area contributed by atoms with Crippen LogP contribution in [0.3, 0.4) is 0 Å². The average molecular weight is 362 g/mol. The van der Waals surface area contributed by atoms with Gasteiger partial charge in [-0.25, -0.2) is 24.0 Å². The van der Waals surface area contributed by atoms with Crippen LogP contribution < -0.4 is 0 Å². The fourth-order valence-electron chi connectivity index (χ4n) is 2.05. The Balaban J connectivity index is 2.20. The maximum atomic E-state index is 12.2. The van der Waals surface area contributed by atoms with Gasteiger partial charge in [0.25, 0.3) is 0 Å². The van der Waals surface area contributed by atoms with Crippen molar-refractivity contribution in [3.05, 3.63) is 46.5 Å². The number of hydrogen-bond donors (Lipinski definition) is 0. The van der Waals surface area contributed by atoms with Gasteiger partial charge in [0.2, 0.25) is 0 Å². The van der Waals surface area contributed by atoms with E-state index in [0.717, 1.165) is 19.2 Å². The summed E-state index contributed by atoms with van der Waals surface area (Å²) >= 11 is 0. The molecule has 9 nitrogen and oxygen atoms in total. The predicted octanol–water partition coefficient (Wildman–Crippen LogP) is 1.06. The lowest BCUT2D eigenvalue weighted by Gasteiger charge is -2.10. The molecule has 0 saturated carbocycles. The molecule has 136 valence electrons. The topological polar surface area (TPSA) is 122 Å². The number of hydrogen-bond acceptors (Lipinski definition) is 9. The van der Waals surface area contributed by atoms with Crippen molar-refractivity contribution in [3.63, 3.8) is 0 Å². The molecule has 0 saturated heterocycles. The monoisotopic (exact) mass is 362 g/mol. The summed E-state index contributed by atoms with van der Waals surface area (Å²) in [7, 11) is 1.09. The van der Waals surface area contributed by atoms with Gasteiger partial charge in [0.1, 0.15) is 13.2 Å². The highest BCUT2D eigenvalue weighted by molar-refractivity contribution is 6.17. The van der Waals surface area contributed by atoms with Gasteiger partial charge in [-0.1, -0.05) is 6.58 Å². The molecule has 2 rings (SSSR count). The van der Waals surface area contributed by atoms with Crippen LogP contribution in [0.15, 0.2) is 24.3 Å². The van der Waals surface area contributed by atoms with Crippen molar-refractivity contribution in [2.75, 3.05) is 20.3 Å². The lowest BCUT2D eigenvalue weighted by atomic mass is 9.99. The van der Waals surface area contributed by atoms with E-state index >= 15 is 0 Å². The van der Waals surface area contributed by atoms with Crippen LogP contribution >= 0.6 is 0 Å². The minimum absolute atomic E-state index is 0.151. The molecule has 0 amide bonds. The highest BCUT2D eigenvalue weighted by Crippen LogP contribution is 2.25. The van der Waals surface area contributed by atoms with Gasteiger partial charge in [-0.05, 0) is 19.1 Å². The van der Waals surface area contributed by atoms with Crippen LogP contribution in [0.1, 0.15) is 48.4 Å². The van der Waals surface area contributed by atoms with E-state index in [-0.39, 0.29) is 41.0 Å². The van der Waals surface area contributed by atoms with Gasteiger partial charge < -0.3 is 18.9 Å². The Morgan fingerprint density at radius 2 is 1.46 bits per heavy atom. The van der Waals surface area contributed by atoms with E-state index in [1.54, 1.807) is 0 Å². The Labute approximate surface area is 147 Å². The van der Waals surface area contributed by atoms with Crippen LogP contribution in [-0.2, 0) is 23.7 Å². The second kappa shape index (κ2) is 7.60. The molecule has 0 radical (unpaired) electrons. The van der Waals surface area contributed by atoms with E-state index in [1.165, 1.54) is 6.92 Å². The standard InChI is InChI=1S/C17H14O9/c1-8(2)13(18)24-4-5-25-15(20)10-7-12-11(16(21)26-17(12)22)6-9(10)14(19)23-3/h6-7H,1,4-5H2,2-3H3. The van der Waals surface area contributed by atoms with Crippen molar-refractivity contribution < 1.29 is 42.9 Å². The Hall–Kier alpha value is -3.49. The quantitative estimate of drug-likeness (QED) is 0.240. The number of esters is 5. The normalized spacial score (nSPS) is 12.1. The summed E-state index contributed by atoms with van der Waals surface area (Å²) < 4.78 is 18.7. The van der Waals surface area contributed by atoms with Crippen molar-refractivity contribution in [2.45, 2.75) is 6.92 Å². The zero-order valence-electron chi connectivity index (χ0n) is 14.0. The van der Waals surface area contributed by atoms with Crippen molar-refractivity contribution in [2.24, 2.45) is 0 Å². The van der Waals surface area contributed by atoms with Crippen LogP contribution in [0.5, 0.6) is 0 Å². The fraction of sp³-hybridized carbons (Fsp3) is 0.235. The molecular formula is C17H14O9. The van der Waals surface area contributed by atoms with Gasteiger partial charge in [0, 0.05) is 5.57 Å². The van der Waals surface area contributed by atoms with Crippen molar-refractivity contribution in [1.29, 1.82) is 0 Å². The first-order valence-electron chi connectivity index (χ1n) is 7.29. The molecule has 0 unspecified atom stereocenters. The van der Waals surface area contributed by atoms with Gasteiger partial charge in [-0.3, -0.25) is 0 Å². The third-order valence-electron chi connectivity index (χ3n) is 3.31. The highest BCUT2D eigenvalue weighted by Gasteiger charge is 2.34. The summed E-state index contributed by atoms with van der Waals surface area (Å²) in [6.07, 6.45) is 0. The molecule has 0 aliphatic carbocycles. The lowest BCUT2D eigenvalue weighted by molar-refractivity contribution is -0.140. The Morgan fingerprint density at radius 3 is 1.96 bits per heavy atom. The predicted molar refractivity (Wildman–Crippen MR) is 83.6 cm³/mol. The molecule has 1 aromatic rings. The van der Waals surface area contributed by atoms with Gasteiger partial charge in [0.15, 0.2) is 0 Å². The zero-order chi connectivity index (χ0) is 19.4. The summed E-state index contributed by atoms with van der Waals surface area (Å²) in [6, 6.07) is 2.06. The zero-order valence-corrected chi connectivity index (χ0v) is 14.0. The molecule has 1 aliphatic heterocycles. The van der Waals surface area contributed by atoms with Gasteiger partial charge in [-0.15, -0.1) is 0 Å². The van der Waals surface area contributed by atoms with Crippen molar-refractivity contribution in [1.82, 2.24) is 0 Å². The van der Waals surface area contributed by atoms with E-state index in [4.69, 9.17) is 9.47 Å². The number of rotatable bonds is 6. The van der Waals surface area contributed by atoms with E-state index in [9.17, 15) is 24.0 Å². The summed E-state index contributed by atoms with van der Waals surface area (Å²) in [5.41, 5.74) is -0.674. The molecule has 1 aromatic carbocycles. The Morgan fingerprint density at radius 1 is 0.962 bits per heavy atom. The first kappa shape index (κ1) is 18.8. The second-order valence-corrected chi connectivity index (χ2v) is 5.16. The largest absolute Gasteiger partial charge is 0.465 e. The highest BCUT2D eigenvalue weighted by atomic mass is 16.6. The SMILES string of the molecule is C=C(C)C(=O)OCCOC(=O)c1cc2c(cc1C(=O)OC)C(=O)OC2=O. The van der Waals surface area contributed by atoms with Crippen molar-refractivity contribution in [3.8, 4) is 0 Å². The van der Waals surface area contributed by atoms with Crippen molar-refractivity contribution >= 4 is 29.8 Å². The summed E-state index contributed by atoms with van der Waals surface area (Å²) in [6.45, 7) is 4.34. The third-order valence-corrected chi connectivity index (χ3v) is 3.31. The van der Waals surface area contributed by atoms with Gasteiger partial charge >= 0.3 is 29.8 Å². The molecule has 0 spiro atoms. The first-order chi connectivity index (χ1) is 12.3. The lowest BCUT2D eigenvalue weighted by Crippen LogP contribution is -2.18. The summed E-state index contributed by atoms with van der Waals surface area (Å²) in [4.78, 5) is 58.5. The second-order valence-electron chi connectivity index (χ2n) is 5.16. The molecule has 0 bridgehead atoms. The summed E-state index contributed by atoms with van der Waals surface area (Å²) in [5, 5.41) is 0. The van der Waals surface area contributed by atoms with Crippen LogP contribution in [0.4, 0.5) is 0 Å². The average Bonchev–Trinajstić information content (AvgIpc) is 2.89. The third kappa shape index (κ3) is 3.77. The minimum Gasteiger partial charge on any atom is -0.465 e. The van der Waals surface area contributed by atoms with Crippen LogP contribution in [-0.4, -0.2) is 50.2 Å². The molecule has 26 heavy (non-hydrogen) atoms. The van der Waals surface area contributed by atoms with Gasteiger partial charge in [0.05, 0.1) is 29.4 Å². The number of benzene rings is 1. The summed E-state index contributed by atoms with van der Waals surface area (Å²) in [5.74, 6) is -4.38. The molecule has 0 N–H and O–H groups in total. The maximum Gasteiger partial charge on any atom is 0.346 e. The van der Waals surface area contributed by atoms with Crippen LogP contribution in [0.2, 0.25) is 0 Å². The number of carbonyl (C=O) groups excluding carboxylic acids is 5. The first-order valence-corrected chi connectivity index (χ1v) is 7.29. The number of carbonyl (C=O) groups is 5. The molecular weight excluding hydrogens is 348 g/mol. The molecule has 1 aliphatic rings. The molecule has 9 heteroatoms. The van der Waals surface area contributed by atoms with E-state index in [0.29, 0.717) is 0 Å². The number of methoxy groups -OCH3 is 1. The van der Waals surface area contributed by atoms with E-state index < -0.39 is 29.8 Å². The maximum absolute atomic E-state index is 12.2. The Kier molecular flexibility index (Phi) is 5.51. The molecule has 0 atom stereocenters. The van der Waals surface area contributed by atoms with Crippen LogP contribution in [0.25, 0.3) is 0 Å². The van der Waals surface area contributed by atoms with E-state index in [2.05, 4.69) is 16.1 Å². The van der Waals surface area contributed by atoms with Gasteiger partial charge in [-0.2, -0.15) is 0 Å².